The number of alkyl halides is 2. The highest BCUT2D eigenvalue weighted by atomic mass is 19.3. The van der Waals surface area contributed by atoms with Gasteiger partial charge in [-0.3, -0.25) is 4.98 Å². The maximum absolute atomic E-state index is 12.4. The summed E-state index contributed by atoms with van der Waals surface area (Å²) in [7, 11) is 0. The Morgan fingerprint density at radius 1 is 1.64 bits per heavy atom. The van der Waals surface area contributed by atoms with Gasteiger partial charge in [0.25, 0.3) is 6.43 Å². The van der Waals surface area contributed by atoms with Gasteiger partial charge in [0, 0.05) is 17.8 Å². The zero-order valence-electron chi connectivity index (χ0n) is 7.59. The highest BCUT2D eigenvalue weighted by molar-refractivity contribution is 5.39. The number of rotatable bonds is 2. The minimum atomic E-state index is -2.61. The van der Waals surface area contributed by atoms with Crippen LogP contribution < -0.4 is 5.73 Å². The first-order valence-electron chi connectivity index (χ1n) is 3.99. The largest absolute Gasteiger partial charge is 0.325 e. The molecule has 3 nitrogen and oxygen atoms in total. The Morgan fingerprint density at radius 2 is 2.29 bits per heavy atom. The Hall–Kier alpha value is -1.54. The zero-order valence-corrected chi connectivity index (χ0v) is 7.59. The van der Waals surface area contributed by atoms with Gasteiger partial charge in [0.1, 0.15) is 6.07 Å². The molecule has 2 N–H and O–H groups in total. The van der Waals surface area contributed by atoms with Crippen molar-refractivity contribution in [3.63, 3.8) is 0 Å². The van der Waals surface area contributed by atoms with Crippen molar-refractivity contribution in [3.8, 4) is 6.07 Å². The van der Waals surface area contributed by atoms with Gasteiger partial charge in [-0.1, -0.05) is 0 Å². The van der Waals surface area contributed by atoms with E-state index in [0.717, 1.165) is 6.07 Å². The lowest BCUT2D eigenvalue weighted by Gasteiger charge is -2.07. The van der Waals surface area contributed by atoms with Gasteiger partial charge in [-0.15, -0.1) is 0 Å². The molecular formula is C9H9F2N3. The van der Waals surface area contributed by atoms with Crippen molar-refractivity contribution in [2.24, 2.45) is 5.73 Å². The molecule has 0 radical (unpaired) electrons. The summed E-state index contributed by atoms with van der Waals surface area (Å²) in [4.78, 5) is 3.86. The molecule has 0 amide bonds. The molecule has 5 heteroatoms. The first-order chi connectivity index (χ1) is 6.60. The third kappa shape index (κ3) is 1.86. The third-order valence-corrected chi connectivity index (χ3v) is 1.88. The summed E-state index contributed by atoms with van der Waals surface area (Å²) in [6.07, 6.45) is -2.61. The third-order valence-electron chi connectivity index (χ3n) is 1.88. The SMILES string of the molecule is Cc1nc(CN)c(C#N)cc1C(F)F. The molecule has 0 saturated heterocycles. The molecule has 0 fully saturated rings. The molecule has 0 spiro atoms. The molecule has 1 aromatic rings. The average Bonchev–Trinajstić information content (AvgIpc) is 2.16. The molecule has 14 heavy (non-hydrogen) atoms. The lowest BCUT2D eigenvalue weighted by atomic mass is 10.1. The second-order valence-corrected chi connectivity index (χ2v) is 2.77. The Morgan fingerprint density at radius 3 is 2.71 bits per heavy atom. The fourth-order valence-corrected chi connectivity index (χ4v) is 1.14. The number of aryl methyl sites for hydroxylation is 1. The number of hydrogen-bond acceptors (Lipinski definition) is 3. The van der Waals surface area contributed by atoms with Crippen molar-refractivity contribution in [2.45, 2.75) is 19.9 Å². The van der Waals surface area contributed by atoms with E-state index < -0.39 is 6.43 Å². The van der Waals surface area contributed by atoms with Crippen LogP contribution >= 0.6 is 0 Å². The molecule has 0 aromatic carbocycles. The first-order valence-corrected chi connectivity index (χ1v) is 3.99. The minimum Gasteiger partial charge on any atom is -0.325 e. The van der Waals surface area contributed by atoms with Crippen molar-refractivity contribution in [3.05, 3.63) is 28.6 Å². The molecule has 1 aromatic heterocycles. The van der Waals surface area contributed by atoms with Crippen molar-refractivity contribution >= 4 is 0 Å². The van der Waals surface area contributed by atoms with E-state index in [2.05, 4.69) is 4.98 Å². The van der Waals surface area contributed by atoms with Crippen LogP contribution in [-0.4, -0.2) is 4.98 Å². The first kappa shape index (κ1) is 10.5. The van der Waals surface area contributed by atoms with Crippen molar-refractivity contribution in [2.75, 3.05) is 0 Å². The number of hydrogen-bond donors (Lipinski definition) is 1. The number of nitrogens with two attached hydrogens (primary N) is 1. The van der Waals surface area contributed by atoms with E-state index in [4.69, 9.17) is 11.0 Å². The molecule has 0 aliphatic rings. The summed E-state index contributed by atoms with van der Waals surface area (Å²) < 4.78 is 24.8. The van der Waals surface area contributed by atoms with Gasteiger partial charge in [-0.05, 0) is 13.0 Å². The molecule has 1 rings (SSSR count). The summed E-state index contributed by atoms with van der Waals surface area (Å²) in [5, 5.41) is 8.66. The standard InChI is InChI=1S/C9H9F2N3/c1-5-7(9(10)11)2-6(3-12)8(4-13)14-5/h2,9H,4,13H2,1H3. The van der Waals surface area contributed by atoms with E-state index in [9.17, 15) is 8.78 Å². The van der Waals surface area contributed by atoms with E-state index in [1.165, 1.54) is 6.92 Å². The minimum absolute atomic E-state index is 0.0766. The van der Waals surface area contributed by atoms with Gasteiger partial charge < -0.3 is 5.73 Å². The topological polar surface area (TPSA) is 62.7 Å². The predicted molar refractivity (Wildman–Crippen MR) is 46.5 cm³/mol. The lowest BCUT2D eigenvalue weighted by Crippen LogP contribution is -2.06. The normalized spacial score (nSPS) is 10.3. The number of nitriles is 1. The molecule has 0 saturated carbocycles. The Balaban J connectivity index is 3.32. The van der Waals surface area contributed by atoms with Gasteiger partial charge >= 0.3 is 0 Å². The van der Waals surface area contributed by atoms with Gasteiger partial charge in [-0.25, -0.2) is 8.78 Å². The summed E-state index contributed by atoms with van der Waals surface area (Å²) in [6, 6.07) is 2.94. The summed E-state index contributed by atoms with van der Waals surface area (Å²) in [6.45, 7) is 1.55. The summed E-state index contributed by atoms with van der Waals surface area (Å²) in [5.41, 5.74) is 5.81. The molecule has 0 bridgehead atoms. The van der Waals surface area contributed by atoms with Crippen LogP contribution in [0.1, 0.15) is 28.9 Å². The predicted octanol–water partition coefficient (Wildman–Crippen LogP) is 1.66. The van der Waals surface area contributed by atoms with E-state index in [0.29, 0.717) is 5.69 Å². The van der Waals surface area contributed by atoms with Gasteiger partial charge in [-0.2, -0.15) is 5.26 Å². The van der Waals surface area contributed by atoms with E-state index in [-0.39, 0.29) is 23.4 Å². The van der Waals surface area contributed by atoms with E-state index >= 15 is 0 Å². The monoisotopic (exact) mass is 197 g/mol. The van der Waals surface area contributed by atoms with Crippen molar-refractivity contribution in [1.82, 2.24) is 4.98 Å². The maximum atomic E-state index is 12.4. The fourth-order valence-electron chi connectivity index (χ4n) is 1.14. The summed E-state index contributed by atoms with van der Waals surface area (Å²) >= 11 is 0. The molecular weight excluding hydrogens is 188 g/mol. The highest BCUT2D eigenvalue weighted by Gasteiger charge is 2.14. The molecule has 0 atom stereocenters. The molecule has 0 aliphatic carbocycles. The van der Waals surface area contributed by atoms with Crippen molar-refractivity contribution < 1.29 is 8.78 Å². The van der Waals surface area contributed by atoms with Crippen LogP contribution in [0.5, 0.6) is 0 Å². The lowest BCUT2D eigenvalue weighted by molar-refractivity contribution is 0.150. The smallest absolute Gasteiger partial charge is 0.265 e. The Bertz CT molecular complexity index is 382. The van der Waals surface area contributed by atoms with Crippen molar-refractivity contribution in [1.29, 1.82) is 5.26 Å². The van der Waals surface area contributed by atoms with Gasteiger partial charge in [0.15, 0.2) is 0 Å². The van der Waals surface area contributed by atoms with Gasteiger partial charge in [0.2, 0.25) is 0 Å². The molecule has 0 aliphatic heterocycles. The van der Waals surface area contributed by atoms with Crippen LogP contribution in [0.4, 0.5) is 8.78 Å². The molecule has 74 valence electrons. The summed E-state index contributed by atoms with van der Waals surface area (Å²) in [5.74, 6) is 0. The second kappa shape index (κ2) is 4.11. The second-order valence-electron chi connectivity index (χ2n) is 2.77. The van der Waals surface area contributed by atoms with Crippen LogP contribution in [-0.2, 0) is 6.54 Å². The van der Waals surface area contributed by atoms with E-state index in [1.54, 1.807) is 6.07 Å². The number of halogens is 2. The van der Waals surface area contributed by atoms with Crippen LogP contribution in [0.2, 0.25) is 0 Å². The number of nitrogens with zero attached hydrogens (tertiary/aromatic N) is 2. The van der Waals surface area contributed by atoms with Crippen LogP contribution in [0.15, 0.2) is 6.07 Å². The van der Waals surface area contributed by atoms with Gasteiger partial charge in [0.05, 0.1) is 11.3 Å². The fraction of sp³-hybridized carbons (Fsp3) is 0.333. The van der Waals surface area contributed by atoms with Crippen LogP contribution in [0.3, 0.4) is 0 Å². The van der Waals surface area contributed by atoms with E-state index in [1.807, 2.05) is 0 Å². The number of aromatic nitrogens is 1. The maximum Gasteiger partial charge on any atom is 0.265 e. The zero-order chi connectivity index (χ0) is 10.7. The average molecular weight is 197 g/mol. The molecule has 0 unspecified atom stereocenters. The Kier molecular flexibility index (Phi) is 3.10. The Labute approximate surface area is 80.2 Å². The quantitative estimate of drug-likeness (QED) is 0.784. The number of pyridine rings is 1. The highest BCUT2D eigenvalue weighted by Crippen LogP contribution is 2.23. The molecule has 1 heterocycles. The van der Waals surface area contributed by atoms with Crippen LogP contribution in [0.25, 0.3) is 0 Å². The van der Waals surface area contributed by atoms with Crippen LogP contribution in [0, 0.1) is 18.3 Å².